The van der Waals surface area contributed by atoms with Crippen LogP contribution >= 0.6 is 11.8 Å². The lowest BCUT2D eigenvalue weighted by Gasteiger charge is -2.10. The number of aryl methyl sites for hydroxylation is 1. The zero-order valence-corrected chi connectivity index (χ0v) is 14.6. The molecule has 2 aromatic carbocycles. The number of thioether (sulfide) groups is 1. The number of aliphatic carboxylic acids is 1. The van der Waals surface area contributed by atoms with Crippen LogP contribution < -0.4 is 4.74 Å². The van der Waals surface area contributed by atoms with E-state index in [1.807, 2.05) is 43.3 Å². The molecule has 0 aliphatic carbocycles. The van der Waals surface area contributed by atoms with Crippen molar-refractivity contribution in [2.24, 2.45) is 0 Å². The summed E-state index contributed by atoms with van der Waals surface area (Å²) in [7, 11) is 1.57. The first-order valence-electron chi connectivity index (χ1n) is 7.72. The lowest BCUT2D eigenvalue weighted by Crippen LogP contribution is -1.98. The lowest BCUT2D eigenvalue weighted by molar-refractivity contribution is -0.131. The Morgan fingerprint density at radius 3 is 2.80 bits per heavy atom. The van der Waals surface area contributed by atoms with Gasteiger partial charge in [0.25, 0.3) is 0 Å². The first-order valence-corrected chi connectivity index (χ1v) is 8.54. The summed E-state index contributed by atoms with van der Waals surface area (Å²) in [5, 5.41) is 18.7. The second kappa shape index (κ2) is 7.40. The van der Waals surface area contributed by atoms with Crippen molar-refractivity contribution in [1.29, 1.82) is 0 Å². The van der Waals surface area contributed by atoms with E-state index in [1.54, 1.807) is 13.2 Å². The number of methoxy groups -OCH3 is 1. The monoisotopic (exact) mass is 355 g/mol. The zero-order chi connectivity index (χ0) is 17.8. The Labute approximate surface area is 148 Å². The fraction of sp³-hybridized carbons (Fsp3) is 0.167. The average Bonchev–Trinajstić information content (AvgIpc) is 3.09. The van der Waals surface area contributed by atoms with Crippen LogP contribution in [0, 0.1) is 0 Å². The standard InChI is InChI=1S/C18H17N3O3S/c1-3-16-19-18(21-20-16)25-15(17(22)23)10-13-12-7-5-4-6-11(12)8-9-14(13)24-2/h4-10H,3H2,1-2H3,(H,22,23)(H,19,20,21)/b15-10-. The Kier molecular flexibility index (Phi) is 5.04. The summed E-state index contributed by atoms with van der Waals surface area (Å²) in [4.78, 5) is 16.1. The molecule has 0 fully saturated rings. The summed E-state index contributed by atoms with van der Waals surface area (Å²) in [5.74, 6) is 0.292. The molecule has 25 heavy (non-hydrogen) atoms. The van der Waals surface area contributed by atoms with E-state index >= 15 is 0 Å². The van der Waals surface area contributed by atoms with Crippen LogP contribution in [0.15, 0.2) is 46.5 Å². The third kappa shape index (κ3) is 3.66. The van der Waals surface area contributed by atoms with Crippen molar-refractivity contribution in [2.75, 3.05) is 7.11 Å². The maximum Gasteiger partial charge on any atom is 0.342 e. The van der Waals surface area contributed by atoms with E-state index in [1.165, 1.54) is 0 Å². The third-order valence-electron chi connectivity index (χ3n) is 3.68. The minimum Gasteiger partial charge on any atom is -0.496 e. The van der Waals surface area contributed by atoms with Crippen LogP contribution in [0.3, 0.4) is 0 Å². The highest BCUT2D eigenvalue weighted by Gasteiger charge is 2.16. The van der Waals surface area contributed by atoms with Crippen LogP contribution in [0.5, 0.6) is 5.75 Å². The molecule has 7 heteroatoms. The number of fused-ring (bicyclic) bond motifs is 1. The van der Waals surface area contributed by atoms with Gasteiger partial charge in [0.2, 0.25) is 5.16 Å². The molecule has 3 rings (SSSR count). The molecule has 0 aliphatic rings. The molecule has 0 radical (unpaired) electrons. The number of H-pyrrole nitrogens is 1. The predicted molar refractivity (Wildman–Crippen MR) is 97.7 cm³/mol. The van der Waals surface area contributed by atoms with E-state index in [0.29, 0.717) is 17.3 Å². The molecule has 2 N–H and O–H groups in total. The van der Waals surface area contributed by atoms with Crippen LogP contribution in [-0.2, 0) is 11.2 Å². The topological polar surface area (TPSA) is 88.1 Å². The van der Waals surface area contributed by atoms with E-state index < -0.39 is 5.97 Å². The van der Waals surface area contributed by atoms with E-state index in [9.17, 15) is 9.90 Å². The van der Waals surface area contributed by atoms with Gasteiger partial charge in [-0.2, -0.15) is 0 Å². The number of ether oxygens (including phenoxy) is 1. The third-order valence-corrected chi connectivity index (χ3v) is 4.56. The molecule has 0 aliphatic heterocycles. The number of hydrogen-bond donors (Lipinski definition) is 2. The second-order valence-electron chi connectivity index (χ2n) is 5.24. The number of aromatic nitrogens is 3. The van der Waals surface area contributed by atoms with Crippen LogP contribution in [-0.4, -0.2) is 33.4 Å². The molecular weight excluding hydrogens is 338 g/mol. The van der Waals surface area contributed by atoms with Gasteiger partial charge in [0.1, 0.15) is 16.5 Å². The van der Waals surface area contributed by atoms with E-state index in [-0.39, 0.29) is 4.91 Å². The smallest absolute Gasteiger partial charge is 0.342 e. The summed E-state index contributed by atoms with van der Waals surface area (Å²) in [6.45, 7) is 1.95. The van der Waals surface area contributed by atoms with Crippen molar-refractivity contribution < 1.29 is 14.6 Å². The fourth-order valence-corrected chi connectivity index (χ4v) is 3.16. The summed E-state index contributed by atoms with van der Waals surface area (Å²) in [6.07, 6.45) is 2.31. The number of carboxylic acids is 1. The predicted octanol–water partition coefficient (Wildman–Crippen LogP) is 3.75. The van der Waals surface area contributed by atoms with Crippen molar-refractivity contribution in [2.45, 2.75) is 18.5 Å². The molecule has 128 valence electrons. The van der Waals surface area contributed by atoms with Gasteiger partial charge >= 0.3 is 5.97 Å². The number of hydrogen-bond acceptors (Lipinski definition) is 5. The summed E-state index contributed by atoms with van der Waals surface area (Å²) >= 11 is 1.01. The molecule has 1 aromatic heterocycles. The van der Waals surface area contributed by atoms with Gasteiger partial charge in [-0.3, -0.25) is 5.10 Å². The van der Waals surface area contributed by atoms with Crippen molar-refractivity contribution in [3.05, 3.63) is 52.7 Å². The van der Waals surface area contributed by atoms with E-state index in [4.69, 9.17) is 4.74 Å². The number of benzene rings is 2. The Balaban J connectivity index is 2.08. The minimum absolute atomic E-state index is 0.122. The van der Waals surface area contributed by atoms with Gasteiger partial charge in [0, 0.05) is 12.0 Å². The van der Waals surface area contributed by atoms with Crippen LogP contribution in [0.4, 0.5) is 0 Å². The average molecular weight is 355 g/mol. The van der Waals surface area contributed by atoms with Crippen LogP contribution in [0.1, 0.15) is 18.3 Å². The van der Waals surface area contributed by atoms with Crippen molar-refractivity contribution in [3.63, 3.8) is 0 Å². The van der Waals surface area contributed by atoms with Gasteiger partial charge < -0.3 is 9.84 Å². The maximum atomic E-state index is 11.7. The Hall–Kier alpha value is -2.80. The highest BCUT2D eigenvalue weighted by atomic mass is 32.2. The molecule has 0 saturated heterocycles. The van der Waals surface area contributed by atoms with Crippen molar-refractivity contribution >= 4 is 34.6 Å². The molecule has 6 nitrogen and oxygen atoms in total. The molecular formula is C18H17N3O3S. The SMILES string of the molecule is CCc1nc(S/C(=C\c2c(OC)ccc3ccccc23)C(=O)O)n[nH]1. The van der Waals surface area contributed by atoms with Crippen molar-refractivity contribution in [3.8, 4) is 5.75 Å². The Morgan fingerprint density at radius 1 is 1.32 bits per heavy atom. The molecule has 0 atom stereocenters. The van der Waals surface area contributed by atoms with Crippen LogP contribution in [0.25, 0.3) is 16.8 Å². The lowest BCUT2D eigenvalue weighted by atomic mass is 10.0. The molecule has 0 amide bonds. The number of nitrogens with one attached hydrogen (secondary N) is 1. The molecule has 0 spiro atoms. The number of rotatable bonds is 6. The number of nitrogens with zero attached hydrogens (tertiary/aromatic N) is 2. The Bertz CT molecular complexity index is 950. The first-order chi connectivity index (χ1) is 12.1. The van der Waals surface area contributed by atoms with Gasteiger partial charge in [-0.15, -0.1) is 5.10 Å². The second-order valence-corrected chi connectivity index (χ2v) is 6.25. The molecule has 1 heterocycles. The highest BCUT2D eigenvalue weighted by molar-refractivity contribution is 8.04. The van der Waals surface area contributed by atoms with Gasteiger partial charge in [0.15, 0.2) is 0 Å². The fourth-order valence-electron chi connectivity index (χ4n) is 2.45. The van der Waals surface area contributed by atoms with E-state index in [2.05, 4.69) is 15.2 Å². The minimum atomic E-state index is -1.04. The van der Waals surface area contributed by atoms with Gasteiger partial charge in [0.05, 0.1) is 7.11 Å². The van der Waals surface area contributed by atoms with Gasteiger partial charge in [-0.05, 0) is 34.7 Å². The zero-order valence-electron chi connectivity index (χ0n) is 13.8. The van der Waals surface area contributed by atoms with Gasteiger partial charge in [-0.25, -0.2) is 9.78 Å². The summed E-state index contributed by atoms with van der Waals surface area (Å²) in [6, 6.07) is 11.5. The summed E-state index contributed by atoms with van der Waals surface area (Å²) in [5.41, 5.74) is 0.719. The molecule has 0 bridgehead atoms. The van der Waals surface area contributed by atoms with E-state index in [0.717, 1.165) is 33.9 Å². The molecule has 0 saturated carbocycles. The highest BCUT2D eigenvalue weighted by Crippen LogP contribution is 2.33. The maximum absolute atomic E-state index is 11.7. The van der Waals surface area contributed by atoms with Crippen LogP contribution in [0.2, 0.25) is 0 Å². The number of aromatic amines is 1. The Morgan fingerprint density at radius 2 is 2.12 bits per heavy atom. The number of carboxylic acid groups (broad SMARTS) is 1. The first kappa shape index (κ1) is 17.0. The number of carbonyl (C=O) groups is 1. The largest absolute Gasteiger partial charge is 0.496 e. The van der Waals surface area contributed by atoms with Gasteiger partial charge in [-0.1, -0.05) is 37.3 Å². The summed E-state index contributed by atoms with van der Waals surface area (Å²) < 4.78 is 5.42. The quantitative estimate of drug-likeness (QED) is 0.517. The van der Waals surface area contributed by atoms with Crippen molar-refractivity contribution in [1.82, 2.24) is 15.2 Å². The molecule has 0 unspecified atom stereocenters. The normalized spacial score (nSPS) is 11.7. The molecule has 3 aromatic rings.